The zero-order valence-electron chi connectivity index (χ0n) is 13.3. The van der Waals surface area contributed by atoms with Crippen LogP contribution in [0.25, 0.3) is 22.4 Å². The molecule has 1 aliphatic heterocycles. The predicted molar refractivity (Wildman–Crippen MR) is 96.4 cm³/mol. The van der Waals surface area contributed by atoms with Crippen molar-refractivity contribution in [1.82, 2.24) is 19.7 Å². The quantitative estimate of drug-likeness (QED) is 0.660. The maximum atomic E-state index is 6.10. The monoisotopic (exact) mass is 373 g/mol. The third-order valence-corrected chi connectivity index (χ3v) is 4.60. The molecule has 1 atom stereocenters. The highest BCUT2D eigenvalue weighted by Gasteiger charge is 2.17. The molecule has 2 aromatic heterocycles. The zero-order chi connectivity index (χ0) is 17.2. The molecule has 0 spiro atoms. The minimum absolute atomic E-state index is 0.0360. The van der Waals surface area contributed by atoms with E-state index in [-0.39, 0.29) is 16.5 Å². The Morgan fingerprint density at radius 1 is 1.16 bits per heavy atom. The average Bonchev–Trinajstić information content (AvgIpc) is 3.13. The van der Waals surface area contributed by atoms with Gasteiger partial charge < -0.3 is 4.74 Å². The lowest BCUT2D eigenvalue weighted by atomic mass is 10.1. The number of aromatic nitrogens is 4. The average molecular weight is 374 g/mol. The van der Waals surface area contributed by atoms with E-state index in [4.69, 9.17) is 27.9 Å². The van der Waals surface area contributed by atoms with Gasteiger partial charge in [0.15, 0.2) is 5.15 Å². The van der Waals surface area contributed by atoms with E-state index >= 15 is 0 Å². The van der Waals surface area contributed by atoms with Crippen LogP contribution in [0.2, 0.25) is 10.3 Å². The summed E-state index contributed by atoms with van der Waals surface area (Å²) in [6.45, 7) is 0.797. The highest BCUT2D eigenvalue weighted by molar-refractivity contribution is 6.33. The van der Waals surface area contributed by atoms with Crippen LogP contribution in [0.1, 0.15) is 25.5 Å². The largest absolute Gasteiger partial charge is 0.357 e. The third kappa shape index (κ3) is 3.54. The van der Waals surface area contributed by atoms with Crippen molar-refractivity contribution in [3.63, 3.8) is 0 Å². The molecule has 127 valence electrons. The van der Waals surface area contributed by atoms with Gasteiger partial charge in [-0.25, -0.2) is 14.6 Å². The Bertz CT molecular complexity index is 873. The van der Waals surface area contributed by atoms with Crippen LogP contribution >= 0.6 is 23.2 Å². The lowest BCUT2D eigenvalue weighted by molar-refractivity contribution is -0.0394. The summed E-state index contributed by atoms with van der Waals surface area (Å²) in [6.07, 6.45) is 8.65. The maximum absolute atomic E-state index is 6.10. The number of hydrogen-bond donors (Lipinski definition) is 0. The smallest absolute Gasteiger partial charge is 0.157 e. The molecule has 3 heterocycles. The fourth-order valence-electron chi connectivity index (χ4n) is 2.86. The molecule has 3 aromatic rings. The summed E-state index contributed by atoms with van der Waals surface area (Å²) in [6, 6.07) is 8.99. The van der Waals surface area contributed by atoms with Crippen molar-refractivity contribution in [2.24, 2.45) is 0 Å². The summed E-state index contributed by atoms with van der Waals surface area (Å²) >= 11 is 11.9. The molecule has 1 aromatic carbocycles. The molecular weight excluding hydrogens is 359 g/mol. The normalized spacial score (nSPS) is 17.6. The van der Waals surface area contributed by atoms with Crippen LogP contribution in [-0.2, 0) is 4.74 Å². The molecule has 1 unspecified atom stereocenters. The third-order valence-electron chi connectivity index (χ3n) is 4.15. The van der Waals surface area contributed by atoms with Crippen molar-refractivity contribution in [2.45, 2.75) is 25.5 Å². The fourth-order valence-corrected chi connectivity index (χ4v) is 3.27. The van der Waals surface area contributed by atoms with Crippen molar-refractivity contribution in [3.05, 3.63) is 53.2 Å². The molecule has 1 aliphatic rings. The molecule has 0 aliphatic carbocycles. The second-order valence-electron chi connectivity index (χ2n) is 5.85. The van der Waals surface area contributed by atoms with Crippen LogP contribution in [0.3, 0.4) is 0 Å². The molecule has 5 nitrogen and oxygen atoms in total. The highest BCUT2D eigenvalue weighted by atomic mass is 35.5. The van der Waals surface area contributed by atoms with E-state index in [0.29, 0.717) is 5.69 Å². The van der Waals surface area contributed by atoms with E-state index in [0.717, 1.165) is 36.1 Å². The number of ether oxygens (including phenoxy) is 1. The zero-order valence-corrected chi connectivity index (χ0v) is 14.8. The molecule has 0 bridgehead atoms. The van der Waals surface area contributed by atoms with Crippen molar-refractivity contribution < 1.29 is 4.74 Å². The number of nitrogens with zero attached hydrogens (tertiary/aromatic N) is 4. The lowest BCUT2D eigenvalue weighted by Gasteiger charge is -2.22. The summed E-state index contributed by atoms with van der Waals surface area (Å²) in [7, 11) is 0. The molecule has 1 radical (unpaired) electrons. The first kappa shape index (κ1) is 16.5. The highest BCUT2D eigenvalue weighted by Crippen LogP contribution is 2.29. The number of hydrogen-bond acceptors (Lipinski definition) is 4. The molecule has 1 saturated heterocycles. The van der Waals surface area contributed by atoms with Gasteiger partial charge in [-0.1, -0.05) is 35.3 Å². The van der Waals surface area contributed by atoms with Gasteiger partial charge >= 0.3 is 0 Å². The van der Waals surface area contributed by atoms with Crippen molar-refractivity contribution in [1.29, 1.82) is 0 Å². The maximum Gasteiger partial charge on any atom is 0.157 e. The molecular formula is C18H15Cl2N4O. The van der Waals surface area contributed by atoms with Gasteiger partial charge in [-0.2, -0.15) is 5.10 Å². The first-order valence-electron chi connectivity index (χ1n) is 8.07. The Labute approximate surface area is 155 Å². The van der Waals surface area contributed by atoms with E-state index in [1.807, 2.05) is 35.3 Å². The molecule has 0 N–H and O–H groups in total. The number of benzene rings is 1. The van der Waals surface area contributed by atoms with E-state index in [9.17, 15) is 0 Å². The summed E-state index contributed by atoms with van der Waals surface area (Å²) in [4.78, 5) is 8.23. The van der Waals surface area contributed by atoms with Crippen LogP contribution in [0.4, 0.5) is 0 Å². The van der Waals surface area contributed by atoms with Gasteiger partial charge in [-0.15, -0.1) is 0 Å². The Morgan fingerprint density at radius 3 is 2.80 bits per heavy atom. The molecule has 25 heavy (non-hydrogen) atoms. The Kier molecular flexibility index (Phi) is 4.70. The van der Waals surface area contributed by atoms with Gasteiger partial charge in [0.2, 0.25) is 0 Å². The molecule has 7 heteroatoms. The first-order valence-corrected chi connectivity index (χ1v) is 8.82. The SMILES string of the molecule is Clc1cnc(-c2[c]cc(-c3cnn(C4CCCCO4)c3)cc2)c(Cl)n1. The van der Waals surface area contributed by atoms with Crippen molar-refractivity contribution >= 4 is 23.2 Å². The van der Waals surface area contributed by atoms with Gasteiger partial charge in [0.1, 0.15) is 17.1 Å². The van der Waals surface area contributed by atoms with Gasteiger partial charge in [0.05, 0.1) is 12.4 Å². The van der Waals surface area contributed by atoms with Crippen LogP contribution in [0, 0.1) is 6.07 Å². The first-order chi connectivity index (χ1) is 12.2. The van der Waals surface area contributed by atoms with Crippen LogP contribution < -0.4 is 0 Å². The van der Waals surface area contributed by atoms with Gasteiger partial charge in [-0.3, -0.25) is 0 Å². The van der Waals surface area contributed by atoms with E-state index < -0.39 is 0 Å². The topological polar surface area (TPSA) is 52.8 Å². The molecule has 0 saturated carbocycles. The number of halogens is 2. The number of rotatable bonds is 3. The molecule has 4 rings (SSSR count). The van der Waals surface area contributed by atoms with Crippen LogP contribution in [0.15, 0.2) is 36.8 Å². The van der Waals surface area contributed by atoms with E-state index in [2.05, 4.69) is 21.1 Å². The second-order valence-corrected chi connectivity index (χ2v) is 6.60. The summed E-state index contributed by atoms with van der Waals surface area (Å²) in [5, 5.41) is 4.97. The van der Waals surface area contributed by atoms with Crippen molar-refractivity contribution in [2.75, 3.05) is 6.61 Å². The van der Waals surface area contributed by atoms with Crippen molar-refractivity contribution in [3.8, 4) is 22.4 Å². The van der Waals surface area contributed by atoms with Gasteiger partial charge in [0.25, 0.3) is 0 Å². The van der Waals surface area contributed by atoms with Gasteiger partial charge in [-0.05, 0) is 37.0 Å². The molecule has 0 amide bonds. The summed E-state index contributed by atoms with van der Waals surface area (Å²) in [5.74, 6) is 0. The standard InChI is InChI=1S/C18H15Cl2N4O/c19-15-10-21-17(18(20)23-15)13-6-4-12(5-7-13)14-9-22-24(11-14)16-3-1-2-8-25-16/h4-6,9-11,16H,1-3,8H2. The van der Waals surface area contributed by atoms with E-state index in [1.165, 1.54) is 12.6 Å². The fraction of sp³-hybridized carbons (Fsp3) is 0.278. The molecule has 1 fully saturated rings. The van der Waals surface area contributed by atoms with Crippen LogP contribution in [0.5, 0.6) is 0 Å². The Morgan fingerprint density at radius 2 is 2.08 bits per heavy atom. The van der Waals surface area contributed by atoms with Gasteiger partial charge in [0, 0.05) is 23.9 Å². The minimum atomic E-state index is 0.0360. The lowest BCUT2D eigenvalue weighted by Crippen LogP contribution is -2.18. The van der Waals surface area contributed by atoms with Crippen LogP contribution in [-0.4, -0.2) is 26.4 Å². The minimum Gasteiger partial charge on any atom is -0.357 e. The summed E-state index contributed by atoms with van der Waals surface area (Å²) in [5.41, 5.74) is 3.36. The Hall–Kier alpha value is -1.95. The predicted octanol–water partition coefficient (Wildman–Crippen LogP) is 4.81. The Balaban J connectivity index is 1.57. The summed E-state index contributed by atoms with van der Waals surface area (Å²) < 4.78 is 7.66. The van der Waals surface area contributed by atoms with E-state index in [1.54, 1.807) is 0 Å². The second kappa shape index (κ2) is 7.12.